The number of fused-ring (bicyclic) bond motifs is 1. The lowest BCUT2D eigenvalue weighted by Gasteiger charge is -2.31. The molecule has 4 N–H and O–H groups in total. The van der Waals surface area contributed by atoms with Crippen LogP contribution in [0.2, 0.25) is 5.02 Å². The summed E-state index contributed by atoms with van der Waals surface area (Å²) < 4.78 is 5.36. The topological polar surface area (TPSA) is 136 Å². The second kappa shape index (κ2) is 10.6. The van der Waals surface area contributed by atoms with Crippen molar-refractivity contribution >= 4 is 50.3 Å². The standard InChI is InChI=1S/C25H34ClN5O4S/c1-25(2)11-14(22(32)31-25)7-16(12-27)28-24(34)20(13-36(4,5)6)30-23(33)19-10-17-18(29-19)8-15(26)9-21(17)35-3/h8-10,14,16,20,29H,7,11,13H2,1-6H3,(H,28,34)(H,30,33)(H,31,32). The molecule has 1 aromatic heterocycles. The Labute approximate surface area is 218 Å². The van der Waals surface area contributed by atoms with Gasteiger partial charge in [0.1, 0.15) is 23.5 Å². The van der Waals surface area contributed by atoms with Crippen LogP contribution in [0, 0.1) is 17.2 Å². The Morgan fingerprint density at radius 1 is 1.28 bits per heavy atom. The predicted molar refractivity (Wildman–Crippen MR) is 144 cm³/mol. The number of hydrogen-bond acceptors (Lipinski definition) is 5. The van der Waals surface area contributed by atoms with Gasteiger partial charge in [0.25, 0.3) is 5.91 Å². The average Bonchev–Trinajstić information content (AvgIpc) is 3.30. The summed E-state index contributed by atoms with van der Waals surface area (Å²) in [6.07, 6.45) is 6.93. The smallest absolute Gasteiger partial charge is 0.268 e. The van der Waals surface area contributed by atoms with Crippen molar-refractivity contribution in [3.63, 3.8) is 0 Å². The minimum atomic E-state index is -1.20. The number of aromatic nitrogens is 1. The number of nitriles is 1. The molecule has 1 fully saturated rings. The van der Waals surface area contributed by atoms with Crippen LogP contribution in [-0.4, -0.2) is 72.0 Å². The predicted octanol–water partition coefficient (Wildman–Crippen LogP) is 2.94. The lowest BCUT2D eigenvalue weighted by atomic mass is 9.92. The van der Waals surface area contributed by atoms with Gasteiger partial charge >= 0.3 is 0 Å². The van der Waals surface area contributed by atoms with Gasteiger partial charge in [0.15, 0.2) is 0 Å². The Balaban J connectivity index is 1.76. The lowest BCUT2D eigenvalue weighted by molar-refractivity contribution is -0.125. The minimum absolute atomic E-state index is 0.118. The van der Waals surface area contributed by atoms with Crippen molar-refractivity contribution < 1.29 is 19.1 Å². The van der Waals surface area contributed by atoms with Gasteiger partial charge in [-0.15, -0.1) is 0 Å². The van der Waals surface area contributed by atoms with Crippen molar-refractivity contribution in [2.24, 2.45) is 5.92 Å². The van der Waals surface area contributed by atoms with Gasteiger partial charge < -0.3 is 25.7 Å². The normalized spacial score (nSPS) is 19.2. The number of ether oxygens (including phenoxy) is 1. The molecule has 0 saturated carbocycles. The monoisotopic (exact) mass is 535 g/mol. The summed E-state index contributed by atoms with van der Waals surface area (Å²) in [5.41, 5.74) is 0.549. The fourth-order valence-corrected chi connectivity index (χ4v) is 5.91. The minimum Gasteiger partial charge on any atom is -0.496 e. The van der Waals surface area contributed by atoms with Gasteiger partial charge in [-0.25, -0.2) is 10.0 Å². The van der Waals surface area contributed by atoms with Crippen molar-refractivity contribution in [2.75, 3.05) is 31.6 Å². The summed E-state index contributed by atoms with van der Waals surface area (Å²) in [6.45, 7) is 3.85. The summed E-state index contributed by atoms with van der Waals surface area (Å²) in [5.74, 6) is -0.440. The fourth-order valence-electron chi connectivity index (χ4n) is 4.47. The molecule has 0 radical (unpaired) electrons. The molecule has 196 valence electrons. The highest BCUT2D eigenvalue weighted by molar-refractivity contribution is 8.32. The van der Waals surface area contributed by atoms with Crippen molar-refractivity contribution in [3.05, 3.63) is 28.9 Å². The Morgan fingerprint density at radius 3 is 2.53 bits per heavy atom. The molecule has 2 aromatic rings. The van der Waals surface area contributed by atoms with Crippen molar-refractivity contribution in [1.82, 2.24) is 20.9 Å². The number of nitrogens with zero attached hydrogens (tertiary/aromatic N) is 1. The van der Waals surface area contributed by atoms with Crippen LogP contribution in [0.4, 0.5) is 0 Å². The van der Waals surface area contributed by atoms with Gasteiger partial charge in [-0.1, -0.05) is 11.6 Å². The summed E-state index contributed by atoms with van der Waals surface area (Å²) in [4.78, 5) is 41.7. The van der Waals surface area contributed by atoms with E-state index in [4.69, 9.17) is 16.3 Å². The first-order valence-electron chi connectivity index (χ1n) is 11.6. The van der Waals surface area contributed by atoms with E-state index < -0.39 is 33.9 Å². The van der Waals surface area contributed by atoms with Crippen molar-refractivity contribution in [1.29, 1.82) is 5.26 Å². The van der Waals surface area contributed by atoms with Crippen LogP contribution in [-0.2, 0) is 9.59 Å². The van der Waals surface area contributed by atoms with Gasteiger partial charge in [0.2, 0.25) is 11.8 Å². The third-order valence-electron chi connectivity index (χ3n) is 6.00. The molecule has 3 amide bonds. The number of halogens is 1. The van der Waals surface area contributed by atoms with E-state index in [1.54, 1.807) is 18.2 Å². The Morgan fingerprint density at radius 2 is 1.97 bits per heavy atom. The highest BCUT2D eigenvalue weighted by Crippen LogP contribution is 2.35. The van der Waals surface area contributed by atoms with E-state index in [0.29, 0.717) is 33.8 Å². The van der Waals surface area contributed by atoms with Crippen molar-refractivity contribution in [3.8, 4) is 11.8 Å². The Bertz CT molecular complexity index is 1210. The van der Waals surface area contributed by atoms with Crippen LogP contribution in [0.1, 0.15) is 37.2 Å². The van der Waals surface area contributed by atoms with Crippen LogP contribution in [0.5, 0.6) is 5.75 Å². The van der Waals surface area contributed by atoms with E-state index in [-0.39, 0.29) is 29.5 Å². The molecule has 36 heavy (non-hydrogen) atoms. The number of rotatable bonds is 9. The van der Waals surface area contributed by atoms with Gasteiger partial charge in [-0.05, 0) is 63.7 Å². The number of aromatic amines is 1. The number of hydrogen-bond donors (Lipinski definition) is 4. The van der Waals surface area contributed by atoms with Crippen LogP contribution in [0.3, 0.4) is 0 Å². The van der Waals surface area contributed by atoms with E-state index in [0.717, 1.165) is 0 Å². The van der Waals surface area contributed by atoms with Gasteiger partial charge in [-0.2, -0.15) is 5.26 Å². The first-order valence-corrected chi connectivity index (χ1v) is 15.0. The summed E-state index contributed by atoms with van der Waals surface area (Å²) in [5, 5.41) is 19.3. The molecule has 0 spiro atoms. The van der Waals surface area contributed by atoms with Gasteiger partial charge in [0.05, 0.1) is 18.7 Å². The molecule has 2 heterocycles. The summed E-state index contributed by atoms with van der Waals surface area (Å²) in [7, 11) is 0.324. The zero-order chi connectivity index (χ0) is 26.8. The largest absolute Gasteiger partial charge is 0.496 e. The van der Waals surface area contributed by atoms with Crippen LogP contribution in [0.15, 0.2) is 18.2 Å². The number of benzene rings is 1. The highest BCUT2D eigenvalue weighted by atomic mass is 35.5. The summed E-state index contributed by atoms with van der Waals surface area (Å²) >= 11 is 6.14. The number of methoxy groups -OCH3 is 1. The lowest BCUT2D eigenvalue weighted by Crippen LogP contribution is -2.52. The first-order chi connectivity index (χ1) is 16.7. The van der Waals surface area contributed by atoms with Crippen LogP contribution >= 0.6 is 21.6 Å². The van der Waals surface area contributed by atoms with E-state index in [9.17, 15) is 19.6 Å². The van der Waals surface area contributed by atoms with Gasteiger partial charge in [-0.3, -0.25) is 14.4 Å². The summed E-state index contributed by atoms with van der Waals surface area (Å²) in [6, 6.07) is 5.39. The quantitative estimate of drug-likeness (QED) is 0.391. The molecule has 0 aliphatic carbocycles. The molecule has 3 unspecified atom stereocenters. The van der Waals surface area contributed by atoms with E-state index in [1.165, 1.54) is 7.11 Å². The molecule has 9 nitrogen and oxygen atoms in total. The zero-order valence-electron chi connectivity index (χ0n) is 21.5. The molecule has 11 heteroatoms. The average molecular weight is 536 g/mol. The zero-order valence-corrected chi connectivity index (χ0v) is 23.0. The van der Waals surface area contributed by atoms with Crippen molar-refractivity contribution in [2.45, 2.75) is 44.3 Å². The second-order valence-corrected chi connectivity index (χ2v) is 15.7. The maximum Gasteiger partial charge on any atom is 0.268 e. The Hall–Kier alpha value is -2.90. The molecule has 1 aliphatic rings. The molecule has 3 rings (SSSR count). The maximum atomic E-state index is 13.2. The molecular weight excluding hydrogens is 502 g/mol. The molecular formula is C25H34ClN5O4S. The first kappa shape index (κ1) is 27.7. The third-order valence-corrected chi connectivity index (χ3v) is 7.55. The second-order valence-electron chi connectivity index (χ2n) is 10.7. The number of nitrogens with one attached hydrogen (secondary N) is 4. The SMILES string of the molecule is COc1cc(Cl)cc2[nH]c(C(=O)NC(CS(C)(C)C)C(=O)NC(C#N)CC3CC(C)(C)NC3=O)cc12. The fraction of sp³-hybridized carbons (Fsp3) is 0.520. The van der Waals surface area contributed by atoms with E-state index >= 15 is 0 Å². The highest BCUT2D eigenvalue weighted by Gasteiger charge is 2.39. The molecule has 1 saturated heterocycles. The number of carbonyl (C=O) groups is 3. The third kappa shape index (κ3) is 6.86. The van der Waals surface area contributed by atoms with Crippen LogP contribution < -0.4 is 20.7 Å². The van der Waals surface area contributed by atoms with E-state index in [1.807, 2.05) is 32.6 Å². The van der Waals surface area contributed by atoms with E-state index in [2.05, 4.69) is 27.0 Å². The van der Waals surface area contributed by atoms with Gasteiger partial charge in [0, 0.05) is 27.6 Å². The number of carbonyl (C=O) groups excluding carboxylic acids is 3. The van der Waals surface area contributed by atoms with Crippen LogP contribution in [0.25, 0.3) is 10.9 Å². The molecule has 1 aromatic carbocycles. The molecule has 1 aliphatic heterocycles. The maximum absolute atomic E-state index is 13.2. The molecule has 3 atom stereocenters. The Kier molecular flexibility index (Phi) is 8.16. The number of H-pyrrole nitrogens is 1. The number of amides is 3. The molecule has 0 bridgehead atoms.